The number of hydrogen-bond acceptors (Lipinski definition) is 6. The van der Waals surface area contributed by atoms with Gasteiger partial charge >= 0.3 is 0 Å². The van der Waals surface area contributed by atoms with Crippen molar-refractivity contribution in [3.8, 4) is 68.1 Å². The maximum atomic E-state index is 5.08. The molecule has 0 N–H and O–H groups in total. The summed E-state index contributed by atoms with van der Waals surface area (Å²) in [6.07, 6.45) is 0. The van der Waals surface area contributed by atoms with Crippen LogP contribution in [-0.2, 0) is 0 Å². The van der Waals surface area contributed by atoms with Crippen LogP contribution in [0.4, 0.5) is 0 Å². The molecule has 0 fully saturated rings. The summed E-state index contributed by atoms with van der Waals surface area (Å²) < 4.78 is 2.06. The molecular weight excluding hydrogens is 603 g/mol. The maximum absolute atomic E-state index is 5.08. The van der Waals surface area contributed by atoms with E-state index in [-0.39, 0.29) is 0 Å². The Balaban J connectivity index is 1.16. The molecule has 0 spiro atoms. The molecule has 0 unspecified atom stereocenters. The summed E-state index contributed by atoms with van der Waals surface area (Å²) in [4.78, 5) is 19.8. The highest BCUT2D eigenvalue weighted by molar-refractivity contribution is 5.94. The second-order valence-electron chi connectivity index (χ2n) is 11.7. The van der Waals surface area contributed by atoms with E-state index in [1.54, 1.807) is 0 Å². The van der Waals surface area contributed by atoms with E-state index in [0.29, 0.717) is 17.5 Å². The molecule has 0 atom stereocenters. The lowest BCUT2D eigenvalue weighted by atomic mass is 10.0. The first-order chi connectivity index (χ1) is 24.3. The van der Waals surface area contributed by atoms with Crippen molar-refractivity contribution in [1.29, 1.82) is 0 Å². The van der Waals surface area contributed by atoms with E-state index in [4.69, 9.17) is 25.0 Å². The Morgan fingerprint density at radius 3 is 1.43 bits per heavy atom. The Kier molecular flexibility index (Phi) is 6.98. The largest absolute Gasteiger partial charge is 0.258 e. The van der Waals surface area contributed by atoms with Crippen LogP contribution < -0.4 is 0 Å². The van der Waals surface area contributed by atoms with Crippen molar-refractivity contribution in [2.45, 2.75) is 0 Å². The van der Waals surface area contributed by atoms with Gasteiger partial charge in [-0.15, -0.1) is 10.2 Å². The number of fused-ring (bicyclic) bond motifs is 3. The maximum Gasteiger partial charge on any atom is 0.172 e. The highest BCUT2D eigenvalue weighted by atomic mass is 15.3. The van der Waals surface area contributed by atoms with Gasteiger partial charge in [-0.3, -0.25) is 4.40 Å². The Morgan fingerprint density at radius 2 is 0.796 bits per heavy atom. The van der Waals surface area contributed by atoms with Crippen molar-refractivity contribution < 1.29 is 0 Å². The summed E-state index contributed by atoms with van der Waals surface area (Å²) in [7, 11) is 0. The van der Waals surface area contributed by atoms with Gasteiger partial charge in [0.2, 0.25) is 0 Å². The minimum atomic E-state index is 0.611. The molecule has 0 aliphatic heterocycles. The van der Waals surface area contributed by atoms with Gasteiger partial charge in [0.25, 0.3) is 0 Å². The fraction of sp³-hybridized carbons (Fsp3) is 0. The predicted octanol–water partition coefficient (Wildman–Crippen LogP) is 9.46. The molecule has 9 aromatic rings. The van der Waals surface area contributed by atoms with E-state index in [9.17, 15) is 0 Å². The Labute approximate surface area is 282 Å². The van der Waals surface area contributed by atoms with E-state index < -0.39 is 0 Å². The summed E-state index contributed by atoms with van der Waals surface area (Å²) in [6, 6.07) is 55.0. The van der Waals surface area contributed by atoms with Crippen LogP contribution in [0.15, 0.2) is 164 Å². The Bertz CT molecular complexity index is 2540. The van der Waals surface area contributed by atoms with Crippen LogP contribution in [0.5, 0.6) is 0 Å². The molecule has 0 saturated heterocycles. The molecule has 0 aliphatic rings. The van der Waals surface area contributed by atoms with Crippen LogP contribution in [0.3, 0.4) is 0 Å². The summed E-state index contributed by atoms with van der Waals surface area (Å²) in [5.74, 6) is 3.39. The van der Waals surface area contributed by atoms with Gasteiger partial charge in [0.05, 0.1) is 5.52 Å². The summed E-state index contributed by atoms with van der Waals surface area (Å²) in [5.41, 5.74) is 8.40. The number of hydrogen-bond donors (Lipinski definition) is 0. The molecule has 0 aliphatic carbocycles. The summed E-state index contributed by atoms with van der Waals surface area (Å²) in [6.45, 7) is 0. The highest BCUT2D eigenvalue weighted by Gasteiger charge is 2.18. The molecule has 49 heavy (non-hydrogen) atoms. The van der Waals surface area contributed by atoms with Gasteiger partial charge in [-0.25, -0.2) is 19.9 Å². The van der Waals surface area contributed by atoms with E-state index in [1.165, 1.54) is 0 Å². The topological polar surface area (TPSA) is 81.8 Å². The number of nitrogens with zero attached hydrogens (tertiary/aromatic N) is 7. The molecule has 0 bridgehead atoms. The molecule has 3 aromatic heterocycles. The van der Waals surface area contributed by atoms with Gasteiger partial charge in [-0.05, 0) is 35.4 Å². The third-order valence-corrected chi connectivity index (χ3v) is 8.55. The van der Waals surface area contributed by atoms with Crippen LogP contribution in [0.1, 0.15) is 0 Å². The third-order valence-electron chi connectivity index (χ3n) is 8.55. The molecule has 7 nitrogen and oxygen atoms in total. The van der Waals surface area contributed by atoms with E-state index >= 15 is 0 Å². The zero-order valence-electron chi connectivity index (χ0n) is 26.2. The zero-order valence-corrected chi connectivity index (χ0v) is 26.2. The summed E-state index contributed by atoms with van der Waals surface area (Å²) in [5, 5.41) is 10.4. The van der Waals surface area contributed by atoms with Crippen molar-refractivity contribution in [3.63, 3.8) is 0 Å². The molecule has 0 saturated carbocycles. The van der Waals surface area contributed by atoms with E-state index in [0.717, 1.165) is 67.1 Å². The van der Waals surface area contributed by atoms with Crippen molar-refractivity contribution in [2.24, 2.45) is 0 Å². The minimum absolute atomic E-state index is 0.611. The smallest absolute Gasteiger partial charge is 0.172 e. The second-order valence-corrected chi connectivity index (χ2v) is 11.7. The molecule has 3 heterocycles. The lowest BCUT2D eigenvalue weighted by molar-refractivity contribution is 1.07. The fourth-order valence-electron chi connectivity index (χ4n) is 6.16. The first-order valence-corrected chi connectivity index (χ1v) is 16.1. The molecular formula is C42H27N7. The van der Waals surface area contributed by atoms with Crippen LogP contribution in [0.25, 0.3) is 84.6 Å². The SMILES string of the molecule is c1ccc(-c2nc(-c3ccccc3)nc(-c3cccc(-c4cccc(-c5nnc6c7ccccc7nc(-c7ccccc7)n56)c4)c3)n2)cc1. The average molecular weight is 630 g/mol. The molecule has 0 amide bonds. The Hall–Kier alpha value is -6.86. The molecule has 9 rings (SSSR count). The van der Waals surface area contributed by atoms with Gasteiger partial charge in [0.1, 0.15) is 5.82 Å². The van der Waals surface area contributed by atoms with Crippen molar-refractivity contribution in [1.82, 2.24) is 34.5 Å². The molecule has 230 valence electrons. The normalized spacial score (nSPS) is 11.3. The standard InChI is InChI=1S/C42H27N7/c1-4-14-28(15-5-1)37-44-38(29-16-6-2-7-17-29)46-39(45-37)33-22-12-20-31(26-33)32-21-13-23-34(27-32)41-47-48-42-35-24-10-11-25-36(35)43-40(49(41)42)30-18-8-3-9-19-30/h1-27H. The molecule has 6 aromatic carbocycles. The zero-order chi connectivity index (χ0) is 32.6. The van der Waals surface area contributed by atoms with Gasteiger partial charge in [0, 0.05) is 33.2 Å². The van der Waals surface area contributed by atoms with E-state index in [2.05, 4.69) is 58.0 Å². The predicted molar refractivity (Wildman–Crippen MR) is 194 cm³/mol. The lowest BCUT2D eigenvalue weighted by Crippen LogP contribution is -2.00. The van der Waals surface area contributed by atoms with Gasteiger partial charge < -0.3 is 0 Å². The number of aromatic nitrogens is 7. The first kappa shape index (κ1) is 28.4. The first-order valence-electron chi connectivity index (χ1n) is 16.1. The van der Waals surface area contributed by atoms with Crippen molar-refractivity contribution in [2.75, 3.05) is 0 Å². The quantitative estimate of drug-likeness (QED) is 0.182. The van der Waals surface area contributed by atoms with Crippen molar-refractivity contribution >= 4 is 16.6 Å². The monoisotopic (exact) mass is 629 g/mol. The van der Waals surface area contributed by atoms with E-state index in [1.807, 2.05) is 115 Å². The van der Waals surface area contributed by atoms with Crippen LogP contribution in [-0.4, -0.2) is 34.5 Å². The number of para-hydroxylation sites is 1. The second kappa shape index (κ2) is 12.1. The molecule has 0 radical (unpaired) electrons. The van der Waals surface area contributed by atoms with Crippen LogP contribution >= 0.6 is 0 Å². The average Bonchev–Trinajstić information content (AvgIpc) is 3.64. The van der Waals surface area contributed by atoms with Crippen molar-refractivity contribution in [3.05, 3.63) is 164 Å². The van der Waals surface area contributed by atoms with Gasteiger partial charge in [0.15, 0.2) is 28.9 Å². The van der Waals surface area contributed by atoms with Gasteiger partial charge in [-0.1, -0.05) is 140 Å². The highest BCUT2D eigenvalue weighted by Crippen LogP contribution is 2.33. The lowest BCUT2D eigenvalue weighted by Gasteiger charge is -2.11. The third kappa shape index (κ3) is 5.29. The van der Waals surface area contributed by atoms with Gasteiger partial charge in [-0.2, -0.15) is 0 Å². The summed E-state index contributed by atoms with van der Waals surface area (Å²) >= 11 is 0. The fourth-order valence-corrected chi connectivity index (χ4v) is 6.16. The number of rotatable bonds is 6. The minimum Gasteiger partial charge on any atom is -0.258 e. The Morgan fingerprint density at radius 1 is 0.327 bits per heavy atom. The number of benzene rings is 6. The van der Waals surface area contributed by atoms with Crippen LogP contribution in [0.2, 0.25) is 0 Å². The van der Waals surface area contributed by atoms with Crippen LogP contribution in [0, 0.1) is 0 Å². The molecule has 7 heteroatoms.